The van der Waals surface area contributed by atoms with Crippen LogP contribution >= 0.6 is 0 Å². The maximum atomic E-state index is 11.4. The number of rotatable bonds is 1. The zero-order valence-corrected chi connectivity index (χ0v) is 7.43. The molecule has 0 amide bonds. The monoisotopic (exact) mass is 194 g/mol. The summed E-state index contributed by atoms with van der Waals surface area (Å²) in [6.07, 6.45) is -0.0387. The summed E-state index contributed by atoms with van der Waals surface area (Å²) in [5.74, 6) is -0.632. The van der Waals surface area contributed by atoms with Crippen molar-refractivity contribution in [2.45, 2.75) is 12.5 Å². The highest BCUT2D eigenvalue weighted by atomic mass is 16.6. The van der Waals surface area contributed by atoms with Gasteiger partial charge in [-0.15, -0.1) is 0 Å². The number of benzene rings is 1. The van der Waals surface area contributed by atoms with E-state index in [0.717, 1.165) is 5.56 Å². The summed E-state index contributed by atoms with van der Waals surface area (Å²) in [6.45, 7) is -0.194. The van der Waals surface area contributed by atoms with Gasteiger partial charge in [0.25, 0.3) is 0 Å². The van der Waals surface area contributed by atoms with Crippen molar-refractivity contribution in [1.82, 2.24) is 0 Å². The first-order chi connectivity index (χ1) is 6.72. The first kappa shape index (κ1) is 9.02. The van der Waals surface area contributed by atoms with Crippen LogP contribution in [0, 0.1) is 0 Å². The van der Waals surface area contributed by atoms with E-state index in [9.17, 15) is 9.90 Å². The summed E-state index contributed by atoms with van der Waals surface area (Å²) in [6, 6.07) is 4.86. The second kappa shape index (κ2) is 3.31. The number of aliphatic hydroxyl groups excluding tert-OH is 1. The number of aromatic hydroxyl groups is 1. The number of esters is 1. The standard InChI is InChI=1S/C10H10O4/c11-5-7-4-6-2-1-3-8(12)9(6)10(13)14-7/h1-3,7,11-12H,4-5H2. The lowest BCUT2D eigenvalue weighted by atomic mass is 9.98. The summed E-state index contributed by atoms with van der Waals surface area (Å²) in [5.41, 5.74) is 0.942. The van der Waals surface area contributed by atoms with Gasteiger partial charge in [-0.2, -0.15) is 0 Å². The molecular weight excluding hydrogens is 184 g/mol. The van der Waals surface area contributed by atoms with Gasteiger partial charge < -0.3 is 14.9 Å². The summed E-state index contributed by atoms with van der Waals surface area (Å²) < 4.78 is 4.89. The fourth-order valence-electron chi connectivity index (χ4n) is 1.59. The number of aliphatic hydroxyl groups is 1. The maximum absolute atomic E-state index is 11.4. The Balaban J connectivity index is 2.45. The molecule has 1 aromatic rings. The van der Waals surface area contributed by atoms with Crippen LogP contribution in [-0.4, -0.2) is 28.9 Å². The van der Waals surface area contributed by atoms with Gasteiger partial charge in [-0.05, 0) is 11.6 Å². The van der Waals surface area contributed by atoms with Crippen LogP contribution in [0.3, 0.4) is 0 Å². The molecule has 1 unspecified atom stereocenters. The van der Waals surface area contributed by atoms with Crippen molar-refractivity contribution in [1.29, 1.82) is 0 Å². The Bertz CT molecular complexity index is 372. The molecule has 1 aromatic carbocycles. The molecule has 0 saturated carbocycles. The summed E-state index contributed by atoms with van der Waals surface area (Å²) in [5, 5.41) is 18.3. The number of carbonyl (C=O) groups is 1. The number of phenols is 1. The van der Waals surface area contributed by atoms with Gasteiger partial charge >= 0.3 is 5.97 Å². The smallest absolute Gasteiger partial charge is 0.342 e. The van der Waals surface area contributed by atoms with Crippen molar-refractivity contribution >= 4 is 5.97 Å². The second-order valence-electron chi connectivity index (χ2n) is 3.23. The van der Waals surface area contributed by atoms with Gasteiger partial charge in [-0.1, -0.05) is 12.1 Å². The molecule has 1 aliphatic heterocycles. The van der Waals surface area contributed by atoms with E-state index in [0.29, 0.717) is 6.42 Å². The lowest BCUT2D eigenvalue weighted by molar-refractivity contribution is 0.00900. The van der Waals surface area contributed by atoms with Crippen LogP contribution in [0.25, 0.3) is 0 Å². The Labute approximate surface area is 80.7 Å². The average Bonchev–Trinajstić information content (AvgIpc) is 2.17. The van der Waals surface area contributed by atoms with Crippen molar-refractivity contribution in [3.63, 3.8) is 0 Å². The van der Waals surface area contributed by atoms with Gasteiger partial charge in [0, 0.05) is 6.42 Å². The minimum Gasteiger partial charge on any atom is -0.507 e. The molecule has 74 valence electrons. The summed E-state index contributed by atoms with van der Waals surface area (Å²) in [7, 11) is 0. The van der Waals surface area contributed by atoms with Crippen molar-refractivity contribution in [2.75, 3.05) is 6.61 Å². The Morgan fingerprint density at radius 2 is 2.29 bits per heavy atom. The van der Waals surface area contributed by atoms with Crippen LogP contribution in [0.2, 0.25) is 0 Å². The normalized spacial score (nSPS) is 20.1. The first-order valence-corrected chi connectivity index (χ1v) is 4.35. The summed E-state index contributed by atoms with van der Waals surface area (Å²) >= 11 is 0. The zero-order chi connectivity index (χ0) is 10.1. The second-order valence-corrected chi connectivity index (χ2v) is 3.23. The Hall–Kier alpha value is -1.55. The number of fused-ring (bicyclic) bond motifs is 1. The third-order valence-electron chi connectivity index (χ3n) is 2.26. The van der Waals surface area contributed by atoms with Gasteiger partial charge in [0.15, 0.2) is 0 Å². The third kappa shape index (κ3) is 1.33. The molecule has 1 heterocycles. The molecule has 0 aliphatic carbocycles. The number of cyclic esters (lactones) is 1. The number of ether oxygens (including phenoxy) is 1. The molecule has 0 fully saturated rings. The SMILES string of the molecule is O=C1OC(CO)Cc2cccc(O)c21. The molecule has 0 radical (unpaired) electrons. The molecule has 4 nitrogen and oxygen atoms in total. The van der Waals surface area contributed by atoms with Crippen molar-refractivity contribution in [3.05, 3.63) is 29.3 Å². The third-order valence-corrected chi connectivity index (χ3v) is 2.26. The maximum Gasteiger partial charge on any atom is 0.342 e. The first-order valence-electron chi connectivity index (χ1n) is 4.35. The number of hydrogen-bond donors (Lipinski definition) is 2. The van der Waals surface area contributed by atoms with Crippen molar-refractivity contribution in [2.24, 2.45) is 0 Å². The van der Waals surface area contributed by atoms with E-state index in [-0.39, 0.29) is 17.9 Å². The van der Waals surface area contributed by atoms with Gasteiger partial charge in [0.05, 0.1) is 6.61 Å². The van der Waals surface area contributed by atoms with E-state index in [4.69, 9.17) is 9.84 Å². The lowest BCUT2D eigenvalue weighted by Crippen LogP contribution is -2.30. The Kier molecular flexibility index (Phi) is 2.13. The Morgan fingerprint density at radius 1 is 1.50 bits per heavy atom. The van der Waals surface area contributed by atoms with E-state index in [1.54, 1.807) is 12.1 Å². The highest BCUT2D eigenvalue weighted by Crippen LogP contribution is 2.27. The Morgan fingerprint density at radius 3 is 3.00 bits per heavy atom. The topological polar surface area (TPSA) is 66.8 Å². The van der Waals surface area contributed by atoms with E-state index in [1.807, 2.05) is 0 Å². The molecule has 0 aromatic heterocycles. The largest absolute Gasteiger partial charge is 0.507 e. The van der Waals surface area contributed by atoms with Crippen LogP contribution in [0.1, 0.15) is 15.9 Å². The molecule has 1 aliphatic rings. The zero-order valence-electron chi connectivity index (χ0n) is 7.43. The molecule has 0 saturated heterocycles. The van der Waals surface area contributed by atoms with Crippen LogP contribution in [-0.2, 0) is 11.2 Å². The summed E-state index contributed by atoms with van der Waals surface area (Å²) in [4.78, 5) is 11.4. The predicted octanol–water partition coefficient (Wildman–Crippen LogP) is 0.466. The van der Waals surface area contributed by atoms with Crippen LogP contribution in [0.5, 0.6) is 5.75 Å². The van der Waals surface area contributed by atoms with Gasteiger partial charge in [0.2, 0.25) is 0 Å². The molecule has 2 N–H and O–H groups in total. The number of hydrogen-bond acceptors (Lipinski definition) is 4. The molecule has 0 bridgehead atoms. The minimum absolute atomic E-state index is 0.0658. The van der Waals surface area contributed by atoms with Crippen LogP contribution in [0.4, 0.5) is 0 Å². The fraction of sp³-hybridized carbons (Fsp3) is 0.300. The highest BCUT2D eigenvalue weighted by molar-refractivity contribution is 5.95. The predicted molar refractivity (Wildman–Crippen MR) is 48.1 cm³/mol. The van der Waals surface area contributed by atoms with E-state index in [1.165, 1.54) is 6.07 Å². The van der Waals surface area contributed by atoms with Crippen molar-refractivity contribution < 1.29 is 19.7 Å². The van der Waals surface area contributed by atoms with Gasteiger partial charge in [-0.25, -0.2) is 4.79 Å². The average molecular weight is 194 g/mol. The molecule has 1 atom stereocenters. The van der Waals surface area contributed by atoms with E-state index >= 15 is 0 Å². The highest BCUT2D eigenvalue weighted by Gasteiger charge is 2.27. The molecule has 0 spiro atoms. The van der Waals surface area contributed by atoms with Gasteiger partial charge in [0.1, 0.15) is 17.4 Å². The molecule has 14 heavy (non-hydrogen) atoms. The molecular formula is C10H10O4. The number of phenolic OH excluding ortho intramolecular Hbond substituents is 1. The fourth-order valence-corrected chi connectivity index (χ4v) is 1.59. The molecule has 2 rings (SSSR count). The van der Waals surface area contributed by atoms with Crippen LogP contribution < -0.4 is 0 Å². The minimum atomic E-state index is -0.566. The van der Waals surface area contributed by atoms with Gasteiger partial charge in [-0.3, -0.25) is 0 Å². The van der Waals surface area contributed by atoms with E-state index < -0.39 is 12.1 Å². The van der Waals surface area contributed by atoms with E-state index in [2.05, 4.69) is 0 Å². The lowest BCUT2D eigenvalue weighted by Gasteiger charge is -2.23. The van der Waals surface area contributed by atoms with Crippen LogP contribution in [0.15, 0.2) is 18.2 Å². The quantitative estimate of drug-likeness (QED) is 0.637. The number of carbonyl (C=O) groups excluding carboxylic acids is 1. The van der Waals surface area contributed by atoms with Crippen molar-refractivity contribution in [3.8, 4) is 5.75 Å². The molecule has 4 heteroatoms.